The highest BCUT2D eigenvalue weighted by molar-refractivity contribution is 6.03. The molecule has 3 aliphatic rings. The number of ether oxygens (including phenoxy) is 3. The molecule has 9 nitrogen and oxygen atoms in total. The third kappa shape index (κ3) is 6.73. The van der Waals surface area contributed by atoms with E-state index in [1.54, 1.807) is 25.1 Å². The number of piperidine rings is 1. The summed E-state index contributed by atoms with van der Waals surface area (Å²) >= 11 is 0. The first-order valence-electron chi connectivity index (χ1n) is 18.0. The minimum atomic E-state index is -1.01. The van der Waals surface area contributed by atoms with Crippen molar-refractivity contribution in [3.05, 3.63) is 83.6 Å². The van der Waals surface area contributed by atoms with E-state index in [0.29, 0.717) is 49.1 Å². The van der Waals surface area contributed by atoms with Crippen molar-refractivity contribution in [2.45, 2.75) is 62.9 Å². The highest BCUT2D eigenvalue weighted by Gasteiger charge is 2.49. The van der Waals surface area contributed by atoms with Gasteiger partial charge in [-0.25, -0.2) is 13.2 Å². The first kappa shape index (κ1) is 35.1. The molecule has 0 amide bonds. The zero-order chi connectivity index (χ0) is 36.7. The Morgan fingerprint density at radius 1 is 1.02 bits per heavy atom. The molecule has 8 rings (SSSR count). The maximum Gasteiger partial charge on any atom is 0.319 e. The molecule has 3 fully saturated rings. The number of rotatable bonds is 10. The molecular weight excluding hydrogens is 683 g/mol. The van der Waals surface area contributed by atoms with Crippen LogP contribution in [0.2, 0.25) is 0 Å². The Balaban J connectivity index is 1.22. The molecule has 0 aliphatic carbocycles. The number of β-amino-alcohol motifs (C(OH)–C–C–N with tert-alkyl or cyclic N) is 1. The van der Waals surface area contributed by atoms with Crippen molar-refractivity contribution in [2.75, 3.05) is 44.5 Å². The number of hydrogen-bond donors (Lipinski definition) is 1. The average molecular weight is 724 g/mol. The topological polar surface area (TPSA) is 93.1 Å². The maximum absolute atomic E-state index is 17.2. The van der Waals surface area contributed by atoms with Gasteiger partial charge in [-0.2, -0.15) is 9.97 Å². The maximum atomic E-state index is 17.2. The Morgan fingerprint density at radius 2 is 1.85 bits per heavy atom. The molecule has 0 saturated carbocycles. The SMILES string of the molecule is C#Cc1cccc2cc(OCOCc3ccccc3)c(F)c(-c3ncc4c(N5CCC[C@@](C)(O)C5)nc(OC[C@@]56CCCN5C[C@H](F)C6)nc4c3F)c12. The van der Waals surface area contributed by atoms with Gasteiger partial charge in [-0.3, -0.25) is 9.88 Å². The van der Waals surface area contributed by atoms with Gasteiger partial charge in [-0.05, 0) is 62.2 Å². The number of hydrogen-bond acceptors (Lipinski definition) is 9. The molecule has 3 aliphatic heterocycles. The zero-order valence-corrected chi connectivity index (χ0v) is 29.5. The molecule has 5 aromatic rings. The number of benzene rings is 3. The summed E-state index contributed by atoms with van der Waals surface area (Å²) in [6, 6.07) is 16.0. The predicted octanol–water partition coefficient (Wildman–Crippen LogP) is 6.96. The van der Waals surface area contributed by atoms with Crippen LogP contribution in [0, 0.1) is 24.0 Å². The monoisotopic (exact) mass is 723 g/mol. The van der Waals surface area contributed by atoms with E-state index in [4.69, 9.17) is 25.6 Å². The first-order chi connectivity index (χ1) is 25.6. The highest BCUT2D eigenvalue weighted by atomic mass is 19.1. The number of aromatic nitrogens is 3. The van der Waals surface area contributed by atoms with Gasteiger partial charge in [0.1, 0.15) is 29.8 Å². The Hall–Kier alpha value is -4.96. The van der Waals surface area contributed by atoms with E-state index in [-0.39, 0.29) is 65.9 Å². The third-order valence-corrected chi connectivity index (χ3v) is 10.7. The number of nitrogens with zero attached hydrogens (tertiary/aromatic N) is 5. The molecule has 0 spiro atoms. The zero-order valence-electron chi connectivity index (χ0n) is 29.5. The van der Waals surface area contributed by atoms with Gasteiger partial charge in [0, 0.05) is 43.2 Å². The Bertz CT molecular complexity index is 2210. The Morgan fingerprint density at radius 3 is 2.66 bits per heavy atom. The number of anilines is 1. The number of terminal acetylenes is 1. The van der Waals surface area contributed by atoms with Crippen molar-refractivity contribution in [3.63, 3.8) is 0 Å². The van der Waals surface area contributed by atoms with Crippen LogP contribution in [0.1, 0.15) is 50.2 Å². The van der Waals surface area contributed by atoms with Crippen molar-refractivity contribution >= 4 is 27.5 Å². The van der Waals surface area contributed by atoms with Crippen molar-refractivity contribution < 1.29 is 32.5 Å². The number of halogens is 3. The lowest BCUT2D eigenvalue weighted by Gasteiger charge is -2.38. The summed E-state index contributed by atoms with van der Waals surface area (Å²) in [7, 11) is 0. The van der Waals surface area contributed by atoms with E-state index in [9.17, 15) is 9.50 Å². The fourth-order valence-electron chi connectivity index (χ4n) is 8.24. The minimum absolute atomic E-state index is 0.0976. The van der Waals surface area contributed by atoms with Gasteiger partial charge >= 0.3 is 6.01 Å². The average Bonchev–Trinajstić information content (AvgIpc) is 3.68. The molecule has 3 saturated heterocycles. The van der Waals surface area contributed by atoms with Crippen LogP contribution in [0.4, 0.5) is 19.0 Å². The number of alkyl halides is 1. The van der Waals surface area contributed by atoms with Gasteiger partial charge in [0.05, 0.1) is 28.7 Å². The number of aliphatic hydroxyl groups is 1. The van der Waals surface area contributed by atoms with Crippen LogP contribution >= 0.6 is 0 Å². The standard InChI is InChI=1S/C41H40F3N5O4/c1-3-27-12-7-13-28-18-31(53-25-51-22-26-10-5-4-6-11-26)34(43)33(32(27)28)37-35(44)36-30(20-45-37)38(48-16-8-14-40(2,50)23-48)47-39(46-36)52-24-41-15-9-17-49(41)21-29(42)19-41/h1,4-7,10-13,18,20,29,50H,8-9,14-17,19,21-25H2,2H3/t29-,40-,41+/m1/s1. The van der Waals surface area contributed by atoms with Crippen LogP contribution in [0.5, 0.6) is 11.8 Å². The largest absolute Gasteiger partial charge is 0.464 e. The van der Waals surface area contributed by atoms with Crippen LogP contribution in [-0.2, 0) is 11.3 Å². The molecule has 0 unspecified atom stereocenters. The van der Waals surface area contributed by atoms with Gasteiger partial charge in [0.2, 0.25) is 0 Å². The van der Waals surface area contributed by atoms with Gasteiger partial charge < -0.3 is 24.2 Å². The fraction of sp³-hybridized carbons (Fsp3) is 0.390. The second kappa shape index (κ2) is 14.1. The highest BCUT2D eigenvalue weighted by Crippen LogP contribution is 2.43. The molecule has 3 atom stereocenters. The number of pyridine rings is 1. The van der Waals surface area contributed by atoms with Crippen LogP contribution in [-0.4, -0.2) is 81.8 Å². The molecule has 0 radical (unpaired) electrons. The van der Waals surface area contributed by atoms with Gasteiger partial charge in [0.25, 0.3) is 0 Å². The van der Waals surface area contributed by atoms with E-state index in [1.165, 1.54) is 12.3 Å². The quantitative estimate of drug-likeness (QED) is 0.0933. The van der Waals surface area contributed by atoms with Crippen molar-refractivity contribution in [1.82, 2.24) is 19.9 Å². The van der Waals surface area contributed by atoms with Crippen molar-refractivity contribution in [2.24, 2.45) is 0 Å². The normalized spacial score (nSPS) is 23.0. The second-order valence-electron chi connectivity index (χ2n) is 14.6. The molecule has 53 heavy (non-hydrogen) atoms. The summed E-state index contributed by atoms with van der Waals surface area (Å²) in [5.74, 6) is 0.993. The molecule has 12 heteroatoms. The summed E-state index contributed by atoms with van der Waals surface area (Å²) in [6.45, 7) is 3.77. The lowest BCUT2D eigenvalue weighted by atomic mass is 9.94. The van der Waals surface area contributed by atoms with E-state index in [0.717, 1.165) is 24.9 Å². The molecular formula is C41H40F3N5O4. The van der Waals surface area contributed by atoms with E-state index in [1.807, 2.05) is 35.2 Å². The molecule has 1 N–H and O–H groups in total. The number of fused-ring (bicyclic) bond motifs is 3. The third-order valence-electron chi connectivity index (χ3n) is 10.7. The summed E-state index contributed by atoms with van der Waals surface area (Å²) in [6.07, 6.45) is 9.63. The second-order valence-corrected chi connectivity index (χ2v) is 14.6. The summed E-state index contributed by atoms with van der Waals surface area (Å²) in [5, 5.41) is 12.1. The van der Waals surface area contributed by atoms with E-state index < -0.39 is 28.9 Å². The first-order valence-corrected chi connectivity index (χ1v) is 18.0. The van der Waals surface area contributed by atoms with Crippen LogP contribution in [0.3, 0.4) is 0 Å². The van der Waals surface area contributed by atoms with E-state index in [2.05, 4.69) is 20.8 Å². The Kier molecular flexibility index (Phi) is 9.35. The van der Waals surface area contributed by atoms with Crippen LogP contribution in [0.15, 0.2) is 60.8 Å². The van der Waals surface area contributed by atoms with Crippen molar-refractivity contribution in [3.8, 4) is 35.4 Å². The van der Waals surface area contributed by atoms with Gasteiger partial charge in [0.15, 0.2) is 24.2 Å². The van der Waals surface area contributed by atoms with Gasteiger partial charge in [-0.1, -0.05) is 48.4 Å². The Labute approximate surface area is 305 Å². The lowest BCUT2D eigenvalue weighted by Crippen LogP contribution is -2.46. The predicted molar refractivity (Wildman–Crippen MR) is 195 cm³/mol. The molecule has 0 bridgehead atoms. The molecule has 2 aromatic heterocycles. The molecule has 3 aromatic carbocycles. The fourth-order valence-corrected chi connectivity index (χ4v) is 8.24. The smallest absolute Gasteiger partial charge is 0.319 e. The molecule has 274 valence electrons. The van der Waals surface area contributed by atoms with Gasteiger partial charge in [-0.15, -0.1) is 6.42 Å². The summed E-state index contributed by atoms with van der Waals surface area (Å²) in [4.78, 5) is 17.7. The van der Waals surface area contributed by atoms with E-state index >= 15 is 8.78 Å². The minimum Gasteiger partial charge on any atom is -0.464 e. The molecule has 5 heterocycles. The summed E-state index contributed by atoms with van der Waals surface area (Å²) in [5.41, 5.74) is -0.883. The van der Waals surface area contributed by atoms with Crippen LogP contribution in [0.25, 0.3) is 32.9 Å². The van der Waals surface area contributed by atoms with Crippen LogP contribution < -0.4 is 14.4 Å². The summed E-state index contributed by atoms with van der Waals surface area (Å²) < 4.78 is 66.2. The van der Waals surface area contributed by atoms with Crippen molar-refractivity contribution in [1.29, 1.82) is 0 Å². The lowest BCUT2D eigenvalue weighted by molar-refractivity contribution is 0.00317.